The molecule has 1 fully saturated rings. The minimum atomic E-state index is -0.281. The molecule has 1 amide bonds. The molecule has 1 heterocycles. The fourth-order valence-corrected chi connectivity index (χ4v) is 2.46. The van der Waals surface area contributed by atoms with Crippen LogP contribution < -0.4 is 11.1 Å². The molecule has 0 aromatic rings. The zero-order valence-corrected chi connectivity index (χ0v) is 10.8. The highest BCUT2D eigenvalue weighted by Crippen LogP contribution is 2.32. The summed E-state index contributed by atoms with van der Waals surface area (Å²) in [5.41, 5.74) is 5.34. The highest BCUT2D eigenvalue weighted by molar-refractivity contribution is 5.75. The molecule has 4 nitrogen and oxygen atoms in total. The van der Waals surface area contributed by atoms with E-state index in [1.165, 1.54) is 19.4 Å². The van der Waals surface area contributed by atoms with Crippen LogP contribution in [0.3, 0.4) is 0 Å². The van der Waals surface area contributed by atoms with Crippen LogP contribution in [-0.2, 0) is 4.79 Å². The number of nitrogens with two attached hydrogens (primary N) is 1. The first kappa shape index (κ1) is 13.5. The van der Waals surface area contributed by atoms with Crippen LogP contribution in [0.4, 0.5) is 0 Å². The van der Waals surface area contributed by atoms with E-state index in [0.29, 0.717) is 5.92 Å². The first-order valence-corrected chi connectivity index (χ1v) is 6.09. The molecule has 3 N–H and O–H groups in total. The van der Waals surface area contributed by atoms with Gasteiger partial charge in [-0.05, 0) is 37.8 Å². The van der Waals surface area contributed by atoms with Crippen LogP contribution in [0.15, 0.2) is 0 Å². The second-order valence-corrected chi connectivity index (χ2v) is 5.66. The van der Waals surface area contributed by atoms with Crippen molar-refractivity contribution < 1.29 is 4.79 Å². The average Bonchev–Trinajstić information content (AvgIpc) is 2.16. The Balaban J connectivity index is 2.39. The first-order chi connectivity index (χ1) is 7.42. The molecular formula is C12H25N3O. The molecule has 16 heavy (non-hydrogen) atoms. The van der Waals surface area contributed by atoms with Crippen LogP contribution in [0.25, 0.3) is 0 Å². The monoisotopic (exact) mass is 227 g/mol. The molecular weight excluding hydrogens is 202 g/mol. The number of rotatable bonds is 5. The smallest absolute Gasteiger partial charge is 0.231 e. The van der Waals surface area contributed by atoms with Gasteiger partial charge in [-0.1, -0.05) is 13.8 Å². The molecule has 1 aliphatic rings. The highest BCUT2D eigenvalue weighted by atomic mass is 16.1. The number of primary amides is 1. The van der Waals surface area contributed by atoms with Gasteiger partial charge in [0, 0.05) is 13.1 Å². The SMILES string of the molecule is CN1CCCC(C(C)(C)CNCC(N)=O)C1. The fourth-order valence-electron chi connectivity index (χ4n) is 2.46. The van der Waals surface area contributed by atoms with E-state index in [0.717, 1.165) is 13.1 Å². The summed E-state index contributed by atoms with van der Waals surface area (Å²) in [6.45, 7) is 8.04. The summed E-state index contributed by atoms with van der Waals surface area (Å²) < 4.78 is 0. The molecule has 1 saturated heterocycles. The number of hydrogen-bond donors (Lipinski definition) is 2. The number of likely N-dealkylation sites (tertiary alicyclic amines) is 1. The number of carbonyl (C=O) groups is 1. The molecule has 0 aromatic heterocycles. The maximum absolute atomic E-state index is 10.7. The number of carbonyl (C=O) groups excluding carboxylic acids is 1. The third-order valence-corrected chi connectivity index (χ3v) is 3.61. The van der Waals surface area contributed by atoms with Gasteiger partial charge >= 0.3 is 0 Å². The molecule has 0 aromatic carbocycles. The minimum Gasteiger partial charge on any atom is -0.369 e. The Morgan fingerprint density at radius 1 is 1.56 bits per heavy atom. The Bertz CT molecular complexity index is 240. The van der Waals surface area contributed by atoms with Crippen LogP contribution in [0, 0.1) is 11.3 Å². The Kier molecular flexibility index (Phi) is 4.74. The summed E-state index contributed by atoms with van der Waals surface area (Å²) in [6.07, 6.45) is 2.57. The van der Waals surface area contributed by atoms with Gasteiger partial charge in [-0.25, -0.2) is 0 Å². The van der Waals surface area contributed by atoms with Crippen molar-refractivity contribution in [2.45, 2.75) is 26.7 Å². The zero-order valence-electron chi connectivity index (χ0n) is 10.8. The van der Waals surface area contributed by atoms with Crippen molar-refractivity contribution in [3.63, 3.8) is 0 Å². The van der Waals surface area contributed by atoms with Gasteiger partial charge in [0.05, 0.1) is 6.54 Å². The van der Waals surface area contributed by atoms with Crippen molar-refractivity contribution in [1.82, 2.24) is 10.2 Å². The summed E-state index contributed by atoms with van der Waals surface area (Å²) in [5.74, 6) is 0.420. The zero-order chi connectivity index (χ0) is 12.2. The van der Waals surface area contributed by atoms with E-state index in [1.807, 2.05) is 0 Å². The Morgan fingerprint density at radius 2 is 2.25 bits per heavy atom. The maximum Gasteiger partial charge on any atom is 0.231 e. The summed E-state index contributed by atoms with van der Waals surface area (Å²) in [7, 11) is 2.18. The second-order valence-electron chi connectivity index (χ2n) is 5.66. The van der Waals surface area contributed by atoms with E-state index >= 15 is 0 Å². The fraction of sp³-hybridized carbons (Fsp3) is 0.917. The summed E-state index contributed by atoms with van der Waals surface area (Å²) in [5, 5.41) is 3.14. The quantitative estimate of drug-likeness (QED) is 0.716. The molecule has 0 radical (unpaired) electrons. The minimum absolute atomic E-state index is 0.226. The van der Waals surface area contributed by atoms with Gasteiger partial charge in [0.2, 0.25) is 5.91 Å². The lowest BCUT2D eigenvalue weighted by Gasteiger charge is -2.40. The lowest BCUT2D eigenvalue weighted by Crippen LogP contribution is -2.45. The third-order valence-electron chi connectivity index (χ3n) is 3.61. The van der Waals surface area contributed by atoms with Crippen molar-refractivity contribution in [2.24, 2.45) is 17.1 Å². The van der Waals surface area contributed by atoms with Crippen molar-refractivity contribution in [2.75, 3.05) is 33.2 Å². The largest absolute Gasteiger partial charge is 0.369 e. The summed E-state index contributed by atoms with van der Waals surface area (Å²) >= 11 is 0. The van der Waals surface area contributed by atoms with Gasteiger partial charge in [-0.15, -0.1) is 0 Å². The van der Waals surface area contributed by atoms with Gasteiger partial charge in [-0.2, -0.15) is 0 Å². The number of piperidine rings is 1. The van der Waals surface area contributed by atoms with Crippen LogP contribution in [0.5, 0.6) is 0 Å². The van der Waals surface area contributed by atoms with Crippen LogP contribution >= 0.6 is 0 Å². The molecule has 0 spiro atoms. The van der Waals surface area contributed by atoms with Crippen LogP contribution in [-0.4, -0.2) is 44.0 Å². The molecule has 1 rings (SSSR count). The Morgan fingerprint density at radius 3 is 2.81 bits per heavy atom. The van der Waals surface area contributed by atoms with Gasteiger partial charge < -0.3 is 16.0 Å². The Hall–Kier alpha value is -0.610. The number of nitrogens with zero attached hydrogens (tertiary/aromatic N) is 1. The van der Waals surface area contributed by atoms with Crippen molar-refractivity contribution >= 4 is 5.91 Å². The number of hydrogen-bond acceptors (Lipinski definition) is 3. The van der Waals surface area contributed by atoms with Gasteiger partial charge in [0.15, 0.2) is 0 Å². The predicted molar refractivity (Wildman–Crippen MR) is 66.1 cm³/mol. The average molecular weight is 227 g/mol. The molecule has 0 bridgehead atoms. The molecule has 1 atom stereocenters. The van der Waals surface area contributed by atoms with E-state index in [4.69, 9.17) is 5.73 Å². The van der Waals surface area contributed by atoms with Crippen molar-refractivity contribution in [3.8, 4) is 0 Å². The van der Waals surface area contributed by atoms with Crippen LogP contribution in [0.1, 0.15) is 26.7 Å². The summed E-state index contributed by atoms with van der Waals surface area (Å²) in [4.78, 5) is 13.1. The predicted octanol–water partition coefficient (Wildman–Crippen LogP) is 0.429. The van der Waals surface area contributed by atoms with Crippen molar-refractivity contribution in [3.05, 3.63) is 0 Å². The van der Waals surface area contributed by atoms with E-state index in [2.05, 4.69) is 31.1 Å². The van der Waals surface area contributed by atoms with E-state index in [9.17, 15) is 4.79 Å². The lowest BCUT2D eigenvalue weighted by molar-refractivity contribution is -0.117. The second kappa shape index (κ2) is 5.64. The van der Waals surface area contributed by atoms with E-state index in [1.54, 1.807) is 0 Å². The summed E-state index contributed by atoms with van der Waals surface area (Å²) in [6, 6.07) is 0. The third kappa shape index (κ3) is 4.10. The normalized spacial score (nSPS) is 23.3. The van der Waals surface area contributed by atoms with Crippen molar-refractivity contribution in [1.29, 1.82) is 0 Å². The number of nitrogens with one attached hydrogen (secondary N) is 1. The molecule has 1 aliphatic heterocycles. The molecule has 0 saturated carbocycles. The lowest BCUT2D eigenvalue weighted by atomic mass is 9.74. The standard InChI is InChI=1S/C12H25N3O/c1-12(2,9-14-7-11(13)16)10-5-4-6-15(3)8-10/h10,14H,4-9H2,1-3H3,(H2,13,16). The molecule has 4 heteroatoms. The molecule has 1 unspecified atom stereocenters. The Labute approximate surface area is 98.6 Å². The van der Waals surface area contributed by atoms with Crippen LogP contribution in [0.2, 0.25) is 0 Å². The maximum atomic E-state index is 10.7. The molecule has 0 aliphatic carbocycles. The van der Waals surface area contributed by atoms with E-state index < -0.39 is 0 Å². The van der Waals surface area contributed by atoms with Gasteiger partial charge in [-0.3, -0.25) is 4.79 Å². The molecule has 94 valence electrons. The van der Waals surface area contributed by atoms with Gasteiger partial charge in [0.25, 0.3) is 0 Å². The topological polar surface area (TPSA) is 58.4 Å². The first-order valence-electron chi connectivity index (χ1n) is 6.09. The van der Waals surface area contributed by atoms with E-state index in [-0.39, 0.29) is 17.9 Å². The van der Waals surface area contributed by atoms with Gasteiger partial charge in [0.1, 0.15) is 0 Å². The highest BCUT2D eigenvalue weighted by Gasteiger charge is 2.31. The number of amides is 1.